The van der Waals surface area contributed by atoms with Crippen molar-refractivity contribution in [2.75, 3.05) is 11.9 Å². The highest BCUT2D eigenvalue weighted by Gasteiger charge is 2.09. The van der Waals surface area contributed by atoms with E-state index in [0.29, 0.717) is 23.6 Å². The zero-order valence-electron chi connectivity index (χ0n) is 11.5. The summed E-state index contributed by atoms with van der Waals surface area (Å²) in [5.41, 5.74) is 7.02. The van der Waals surface area contributed by atoms with Crippen LogP contribution in [0.2, 0.25) is 0 Å². The fraction of sp³-hybridized carbons (Fsp3) is 0.500. The van der Waals surface area contributed by atoms with Crippen LogP contribution in [-0.2, 0) is 11.4 Å². The number of aliphatic hydroxyl groups excluding tert-OH is 1. The number of hydrogen-bond acceptors (Lipinski definition) is 4. The second kappa shape index (κ2) is 7.76. The van der Waals surface area contributed by atoms with Crippen molar-refractivity contribution in [1.29, 1.82) is 0 Å². The number of nitrogens with one attached hydrogen (secondary N) is 1. The first-order valence-electron chi connectivity index (χ1n) is 6.52. The first-order valence-corrected chi connectivity index (χ1v) is 6.52. The van der Waals surface area contributed by atoms with Crippen LogP contribution in [-0.4, -0.2) is 23.7 Å². The van der Waals surface area contributed by atoms with Gasteiger partial charge in [0.05, 0.1) is 13.2 Å². The third kappa shape index (κ3) is 4.89. The lowest BCUT2D eigenvalue weighted by Gasteiger charge is -2.12. The highest BCUT2D eigenvalue weighted by molar-refractivity contribution is 5.91. The highest BCUT2D eigenvalue weighted by atomic mass is 16.5. The third-order valence-electron chi connectivity index (χ3n) is 2.79. The minimum Gasteiger partial charge on any atom is -0.494 e. The van der Waals surface area contributed by atoms with Crippen LogP contribution in [0.1, 0.15) is 32.3 Å². The molecule has 19 heavy (non-hydrogen) atoms. The lowest BCUT2D eigenvalue weighted by atomic mass is 10.1. The van der Waals surface area contributed by atoms with Crippen molar-refractivity contribution < 1.29 is 14.6 Å². The molecule has 4 N–H and O–H groups in total. The van der Waals surface area contributed by atoms with E-state index >= 15 is 0 Å². The molecule has 0 spiro atoms. The highest BCUT2D eigenvalue weighted by Crippen LogP contribution is 2.23. The van der Waals surface area contributed by atoms with Crippen molar-refractivity contribution in [3.05, 3.63) is 23.8 Å². The quantitative estimate of drug-likeness (QED) is 0.700. The maximum Gasteiger partial charge on any atom is 0.225 e. The Balaban J connectivity index is 2.71. The molecule has 0 aliphatic heterocycles. The summed E-state index contributed by atoms with van der Waals surface area (Å²) >= 11 is 0. The van der Waals surface area contributed by atoms with E-state index in [4.69, 9.17) is 10.5 Å². The summed E-state index contributed by atoms with van der Waals surface area (Å²) in [5, 5.41) is 12.0. The molecular weight excluding hydrogens is 244 g/mol. The Bertz CT molecular complexity index is 421. The van der Waals surface area contributed by atoms with Crippen LogP contribution < -0.4 is 15.8 Å². The van der Waals surface area contributed by atoms with E-state index in [1.807, 2.05) is 13.8 Å². The largest absolute Gasteiger partial charge is 0.494 e. The molecular formula is C14H22N2O3. The van der Waals surface area contributed by atoms with Crippen LogP contribution in [0.4, 0.5) is 5.69 Å². The van der Waals surface area contributed by atoms with Gasteiger partial charge in [-0.1, -0.05) is 6.92 Å². The van der Waals surface area contributed by atoms with Crippen molar-refractivity contribution in [3.63, 3.8) is 0 Å². The molecule has 0 fully saturated rings. The minimum atomic E-state index is -0.131. The molecule has 0 bridgehead atoms. The Labute approximate surface area is 113 Å². The number of aliphatic hydroxyl groups is 1. The van der Waals surface area contributed by atoms with Gasteiger partial charge in [0.25, 0.3) is 0 Å². The number of amides is 1. The topological polar surface area (TPSA) is 84.6 Å². The second-order valence-corrected chi connectivity index (χ2v) is 4.33. The molecule has 1 unspecified atom stereocenters. The van der Waals surface area contributed by atoms with Gasteiger partial charge in [0.15, 0.2) is 0 Å². The number of carbonyl (C=O) groups excluding carboxylic acids is 1. The standard InChI is InChI=1S/C14H22N2O3/c1-3-11(15)8-14(18)16-12-5-6-13(19-4-2)10(7-12)9-17/h5-7,11,17H,3-4,8-9,15H2,1-2H3,(H,16,18). The summed E-state index contributed by atoms with van der Waals surface area (Å²) in [6, 6.07) is 5.07. The van der Waals surface area contributed by atoms with E-state index in [9.17, 15) is 9.90 Å². The number of carbonyl (C=O) groups is 1. The van der Waals surface area contributed by atoms with Gasteiger partial charge >= 0.3 is 0 Å². The summed E-state index contributed by atoms with van der Waals surface area (Å²) < 4.78 is 5.38. The van der Waals surface area contributed by atoms with Gasteiger partial charge in [-0.05, 0) is 31.5 Å². The number of nitrogens with two attached hydrogens (primary N) is 1. The number of rotatable bonds is 7. The number of ether oxygens (including phenoxy) is 1. The average Bonchev–Trinajstić information content (AvgIpc) is 2.40. The molecule has 0 aromatic heterocycles. The van der Waals surface area contributed by atoms with Gasteiger partial charge in [-0.2, -0.15) is 0 Å². The molecule has 0 radical (unpaired) electrons. The van der Waals surface area contributed by atoms with E-state index in [2.05, 4.69) is 5.32 Å². The molecule has 0 aliphatic rings. The molecule has 1 amide bonds. The van der Waals surface area contributed by atoms with E-state index < -0.39 is 0 Å². The van der Waals surface area contributed by atoms with Gasteiger partial charge < -0.3 is 20.9 Å². The predicted molar refractivity (Wildman–Crippen MR) is 75.0 cm³/mol. The Hall–Kier alpha value is -1.59. The first-order chi connectivity index (χ1) is 9.10. The van der Waals surface area contributed by atoms with Gasteiger partial charge in [0.2, 0.25) is 5.91 Å². The summed E-state index contributed by atoms with van der Waals surface area (Å²) in [4.78, 5) is 11.7. The molecule has 0 saturated heterocycles. The Morgan fingerprint density at radius 3 is 2.79 bits per heavy atom. The molecule has 1 aromatic carbocycles. The maximum atomic E-state index is 11.7. The molecule has 0 aliphatic carbocycles. The van der Waals surface area contributed by atoms with Crippen molar-refractivity contribution in [2.45, 2.75) is 39.3 Å². The van der Waals surface area contributed by atoms with Crippen molar-refractivity contribution in [3.8, 4) is 5.75 Å². The molecule has 1 rings (SSSR count). The zero-order valence-corrected chi connectivity index (χ0v) is 11.5. The fourth-order valence-electron chi connectivity index (χ4n) is 1.67. The van der Waals surface area contributed by atoms with Crippen LogP contribution in [0.25, 0.3) is 0 Å². The minimum absolute atomic E-state index is 0.123. The first kappa shape index (κ1) is 15.5. The van der Waals surface area contributed by atoms with Crippen molar-refractivity contribution in [2.24, 2.45) is 5.73 Å². The second-order valence-electron chi connectivity index (χ2n) is 4.33. The zero-order chi connectivity index (χ0) is 14.3. The van der Waals surface area contributed by atoms with Crippen LogP contribution in [0.15, 0.2) is 18.2 Å². The molecule has 5 heteroatoms. The van der Waals surface area contributed by atoms with Gasteiger partial charge in [0.1, 0.15) is 5.75 Å². The Morgan fingerprint density at radius 1 is 1.47 bits per heavy atom. The van der Waals surface area contributed by atoms with E-state index in [-0.39, 0.29) is 25.0 Å². The number of anilines is 1. The molecule has 1 aromatic rings. The Morgan fingerprint density at radius 2 is 2.21 bits per heavy atom. The smallest absolute Gasteiger partial charge is 0.225 e. The number of hydrogen-bond donors (Lipinski definition) is 3. The lowest BCUT2D eigenvalue weighted by molar-refractivity contribution is -0.116. The van der Waals surface area contributed by atoms with Crippen LogP contribution in [0, 0.1) is 0 Å². The number of benzene rings is 1. The average molecular weight is 266 g/mol. The summed E-state index contributed by atoms with van der Waals surface area (Å²) in [6.07, 6.45) is 1.05. The van der Waals surface area contributed by atoms with Gasteiger partial charge in [-0.25, -0.2) is 0 Å². The molecule has 106 valence electrons. The summed E-state index contributed by atoms with van der Waals surface area (Å²) in [7, 11) is 0. The van der Waals surface area contributed by atoms with E-state index in [1.54, 1.807) is 18.2 Å². The molecule has 0 heterocycles. The van der Waals surface area contributed by atoms with E-state index in [0.717, 1.165) is 6.42 Å². The van der Waals surface area contributed by atoms with Gasteiger partial charge in [-0.15, -0.1) is 0 Å². The van der Waals surface area contributed by atoms with Crippen molar-refractivity contribution in [1.82, 2.24) is 0 Å². The molecule has 1 atom stereocenters. The fourth-order valence-corrected chi connectivity index (χ4v) is 1.67. The monoisotopic (exact) mass is 266 g/mol. The van der Waals surface area contributed by atoms with Gasteiger partial charge in [0, 0.05) is 23.7 Å². The van der Waals surface area contributed by atoms with E-state index in [1.165, 1.54) is 0 Å². The molecule has 5 nitrogen and oxygen atoms in total. The summed E-state index contributed by atoms with van der Waals surface area (Å²) in [5.74, 6) is 0.510. The SMILES string of the molecule is CCOc1ccc(NC(=O)CC(N)CC)cc1CO. The van der Waals surface area contributed by atoms with Crippen LogP contribution in [0.5, 0.6) is 5.75 Å². The van der Waals surface area contributed by atoms with Gasteiger partial charge in [-0.3, -0.25) is 4.79 Å². The predicted octanol–water partition coefficient (Wildman–Crippen LogP) is 1.64. The third-order valence-corrected chi connectivity index (χ3v) is 2.79. The normalized spacial score (nSPS) is 12.0. The van der Waals surface area contributed by atoms with Crippen molar-refractivity contribution >= 4 is 11.6 Å². The summed E-state index contributed by atoms with van der Waals surface area (Å²) in [6.45, 7) is 4.22. The lowest BCUT2D eigenvalue weighted by Crippen LogP contribution is -2.26. The Kier molecular flexibility index (Phi) is 6.32. The van der Waals surface area contributed by atoms with Crippen LogP contribution in [0.3, 0.4) is 0 Å². The molecule has 0 saturated carbocycles. The maximum absolute atomic E-state index is 11.7. The van der Waals surface area contributed by atoms with Crippen LogP contribution >= 0.6 is 0 Å².